The van der Waals surface area contributed by atoms with Gasteiger partial charge in [-0.1, -0.05) is 0 Å². The van der Waals surface area contributed by atoms with Crippen molar-refractivity contribution in [1.82, 2.24) is 4.90 Å². The second-order valence-corrected chi connectivity index (χ2v) is 7.49. The van der Waals surface area contributed by atoms with Crippen LogP contribution in [0.25, 0.3) is 0 Å². The summed E-state index contributed by atoms with van der Waals surface area (Å²) in [7, 11) is 0.440. The van der Waals surface area contributed by atoms with Crippen LogP contribution < -0.4 is 15.8 Å². The van der Waals surface area contributed by atoms with Gasteiger partial charge in [-0.05, 0) is 51.1 Å². The largest absolute Gasteiger partial charge is 0.398 e. The van der Waals surface area contributed by atoms with E-state index in [0.717, 1.165) is 44.1 Å². The normalized spacial score (nSPS) is 17.4. The summed E-state index contributed by atoms with van der Waals surface area (Å²) in [6.45, 7) is 3.04. The van der Waals surface area contributed by atoms with Crippen molar-refractivity contribution in [2.24, 2.45) is 11.1 Å². The maximum absolute atomic E-state index is 11.4. The van der Waals surface area contributed by atoms with Crippen molar-refractivity contribution in [2.75, 3.05) is 44.4 Å². The fraction of sp³-hybridized carbons (Fsp3) is 0.571. The van der Waals surface area contributed by atoms with Gasteiger partial charge >= 0.3 is 0 Å². The molecule has 1 aliphatic heterocycles. The molecule has 2 rings (SSSR count). The number of piperidine rings is 1. The molecule has 0 spiro atoms. The molecule has 7 heteroatoms. The molecule has 0 radical (unpaired) electrons. The number of nitrogens with zero attached hydrogens (tertiary/aromatic N) is 2. The molecule has 1 saturated heterocycles. The van der Waals surface area contributed by atoms with Gasteiger partial charge in [0.25, 0.3) is 0 Å². The van der Waals surface area contributed by atoms with Crippen molar-refractivity contribution in [3.05, 3.63) is 18.2 Å². The van der Waals surface area contributed by atoms with Crippen LogP contribution in [0, 0.1) is 5.92 Å². The third kappa shape index (κ3) is 4.09. The number of nitrogen functional groups attached to an aromatic ring is 1. The van der Waals surface area contributed by atoms with Gasteiger partial charge < -0.3 is 15.5 Å². The second kappa shape index (κ2) is 6.21. The van der Waals surface area contributed by atoms with Crippen LogP contribution in [0.1, 0.15) is 12.8 Å². The molecule has 6 nitrogen and oxygen atoms in total. The average Bonchev–Trinajstić information content (AvgIpc) is 2.37. The molecule has 4 N–H and O–H groups in total. The third-order valence-corrected chi connectivity index (χ3v) is 4.89. The van der Waals surface area contributed by atoms with Crippen LogP contribution in [0.4, 0.5) is 11.4 Å². The molecular weight excluding hydrogens is 288 g/mol. The lowest BCUT2D eigenvalue weighted by Gasteiger charge is -2.34. The number of sulfonamides is 1. The van der Waals surface area contributed by atoms with Gasteiger partial charge in [-0.3, -0.25) is 0 Å². The van der Waals surface area contributed by atoms with Crippen molar-refractivity contribution in [1.29, 1.82) is 0 Å². The molecule has 118 valence electrons. The van der Waals surface area contributed by atoms with E-state index in [1.165, 1.54) is 6.07 Å². The van der Waals surface area contributed by atoms with Gasteiger partial charge in [0.1, 0.15) is 4.90 Å². The summed E-state index contributed by atoms with van der Waals surface area (Å²) in [5.74, 6) is 0.720. The molecule has 0 aromatic heterocycles. The van der Waals surface area contributed by atoms with Gasteiger partial charge in [-0.25, -0.2) is 13.6 Å². The number of rotatable bonds is 4. The molecule has 1 fully saturated rings. The predicted molar refractivity (Wildman–Crippen MR) is 85.7 cm³/mol. The zero-order valence-corrected chi connectivity index (χ0v) is 13.4. The minimum absolute atomic E-state index is 0.00579. The predicted octanol–water partition coefficient (Wildman–Crippen LogP) is 0.694. The summed E-state index contributed by atoms with van der Waals surface area (Å²) in [6, 6.07) is 4.97. The highest BCUT2D eigenvalue weighted by molar-refractivity contribution is 7.89. The molecule has 0 bridgehead atoms. The minimum Gasteiger partial charge on any atom is -0.398 e. The van der Waals surface area contributed by atoms with Crippen LogP contribution >= 0.6 is 0 Å². The van der Waals surface area contributed by atoms with Gasteiger partial charge in [0.15, 0.2) is 0 Å². The van der Waals surface area contributed by atoms with Crippen LogP contribution in [0.3, 0.4) is 0 Å². The van der Waals surface area contributed by atoms with Crippen LogP contribution in [-0.4, -0.2) is 47.0 Å². The molecule has 21 heavy (non-hydrogen) atoms. The smallest absolute Gasteiger partial charge is 0.240 e. The van der Waals surface area contributed by atoms with Gasteiger partial charge in [0.2, 0.25) is 10.0 Å². The first kappa shape index (κ1) is 16.1. The summed E-state index contributed by atoms with van der Waals surface area (Å²) in [5.41, 5.74) is 6.99. The van der Waals surface area contributed by atoms with Gasteiger partial charge in [0, 0.05) is 25.3 Å². The van der Waals surface area contributed by atoms with Crippen molar-refractivity contribution in [2.45, 2.75) is 17.7 Å². The highest BCUT2D eigenvalue weighted by Crippen LogP contribution is 2.28. The maximum atomic E-state index is 11.4. The lowest BCUT2D eigenvalue weighted by atomic mass is 9.96. The highest BCUT2D eigenvalue weighted by atomic mass is 32.2. The molecule has 0 atom stereocenters. The SMILES string of the molecule is CN(C)CC1CCN(c2ccc(S(N)(=O)=O)c(N)c2)CC1. The van der Waals surface area contributed by atoms with Gasteiger partial charge in [-0.15, -0.1) is 0 Å². The van der Waals surface area contributed by atoms with Crippen LogP contribution in [-0.2, 0) is 10.0 Å². The monoisotopic (exact) mass is 312 g/mol. The molecule has 0 unspecified atom stereocenters. The fourth-order valence-corrected chi connectivity index (χ4v) is 3.53. The van der Waals surface area contributed by atoms with E-state index in [-0.39, 0.29) is 10.6 Å². The fourth-order valence-electron chi connectivity index (χ4n) is 2.88. The summed E-state index contributed by atoms with van der Waals surface area (Å²) in [6.07, 6.45) is 2.27. The third-order valence-electron chi connectivity index (χ3n) is 3.90. The molecule has 0 saturated carbocycles. The number of hydrogen-bond donors (Lipinski definition) is 2. The summed E-state index contributed by atoms with van der Waals surface area (Å²) in [4.78, 5) is 4.46. The molecule has 1 aromatic rings. The van der Waals surface area contributed by atoms with E-state index in [9.17, 15) is 8.42 Å². The Bertz CT molecular complexity index is 593. The van der Waals surface area contributed by atoms with Gasteiger partial charge in [0.05, 0.1) is 5.69 Å². The zero-order chi connectivity index (χ0) is 15.6. The number of anilines is 2. The summed E-state index contributed by atoms with van der Waals surface area (Å²) >= 11 is 0. The van der Waals surface area contributed by atoms with E-state index >= 15 is 0 Å². The maximum Gasteiger partial charge on any atom is 0.240 e. The van der Waals surface area contributed by atoms with Crippen molar-refractivity contribution in [3.63, 3.8) is 0 Å². The Kier molecular flexibility index (Phi) is 4.75. The first-order valence-corrected chi connectivity index (χ1v) is 8.64. The Morgan fingerprint density at radius 3 is 2.38 bits per heavy atom. The van der Waals surface area contributed by atoms with E-state index in [1.54, 1.807) is 12.1 Å². The van der Waals surface area contributed by atoms with Crippen LogP contribution in [0.2, 0.25) is 0 Å². The second-order valence-electron chi connectivity index (χ2n) is 5.96. The Labute approximate surface area is 126 Å². The van der Waals surface area contributed by atoms with E-state index in [2.05, 4.69) is 23.9 Å². The Morgan fingerprint density at radius 2 is 1.90 bits per heavy atom. The molecule has 1 heterocycles. The van der Waals surface area contributed by atoms with Crippen LogP contribution in [0.5, 0.6) is 0 Å². The Morgan fingerprint density at radius 1 is 1.29 bits per heavy atom. The van der Waals surface area contributed by atoms with E-state index in [0.29, 0.717) is 0 Å². The van der Waals surface area contributed by atoms with Crippen molar-refractivity contribution < 1.29 is 8.42 Å². The van der Waals surface area contributed by atoms with E-state index in [1.807, 2.05) is 0 Å². The first-order chi connectivity index (χ1) is 9.77. The summed E-state index contributed by atoms with van der Waals surface area (Å²) in [5, 5.41) is 5.12. The zero-order valence-electron chi connectivity index (χ0n) is 12.6. The van der Waals surface area contributed by atoms with Crippen LogP contribution in [0.15, 0.2) is 23.1 Å². The molecule has 0 aliphatic carbocycles. The van der Waals surface area contributed by atoms with Gasteiger partial charge in [-0.2, -0.15) is 0 Å². The number of benzene rings is 1. The quantitative estimate of drug-likeness (QED) is 0.798. The topological polar surface area (TPSA) is 92.7 Å². The Balaban J connectivity index is 2.06. The van der Waals surface area contributed by atoms with Crippen molar-refractivity contribution in [3.8, 4) is 0 Å². The number of nitrogens with two attached hydrogens (primary N) is 2. The molecular formula is C14H24N4O2S. The van der Waals surface area contributed by atoms with E-state index < -0.39 is 10.0 Å². The molecule has 1 aliphatic rings. The average molecular weight is 312 g/mol. The van der Waals surface area contributed by atoms with E-state index in [4.69, 9.17) is 10.9 Å². The lowest BCUT2D eigenvalue weighted by molar-refractivity contribution is 0.285. The number of hydrogen-bond acceptors (Lipinski definition) is 5. The summed E-state index contributed by atoms with van der Waals surface area (Å²) < 4.78 is 22.7. The minimum atomic E-state index is -3.75. The Hall–Kier alpha value is -1.31. The first-order valence-electron chi connectivity index (χ1n) is 7.09. The standard InChI is InChI=1S/C14H24N4O2S/c1-17(2)10-11-5-7-18(8-6-11)12-3-4-14(13(15)9-12)21(16,19)20/h3-4,9,11H,5-8,10,15H2,1-2H3,(H2,16,19,20). The number of primary sulfonamides is 1. The lowest BCUT2D eigenvalue weighted by Crippen LogP contribution is -2.37. The van der Waals surface area contributed by atoms with Crippen molar-refractivity contribution >= 4 is 21.4 Å². The molecule has 1 aromatic carbocycles. The highest BCUT2D eigenvalue weighted by Gasteiger charge is 2.21. The molecule has 0 amide bonds.